The van der Waals surface area contributed by atoms with Crippen LogP contribution in [0.3, 0.4) is 0 Å². The first-order valence-electron chi connectivity index (χ1n) is 7.07. The summed E-state index contributed by atoms with van der Waals surface area (Å²) in [6, 6.07) is 17.0. The number of hydrogen-bond donors (Lipinski definition) is 2. The van der Waals surface area contributed by atoms with E-state index < -0.39 is 0 Å². The van der Waals surface area contributed by atoms with Crippen LogP contribution in [-0.2, 0) is 6.54 Å². The average Bonchev–Trinajstić information content (AvgIpc) is 2.57. The molecule has 0 aliphatic rings. The number of aromatic nitrogens is 1. The molecule has 0 radical (unpaired) electrons. The maximum absolute atomic E-state index is 12.3. The smallest absolute Gasteiger partial charge is 0.274 e. The third-order valence-corrected chi connectivity index (χ3v) is 3.59. The van der Waals surface area contributed by atoms with E-state index in [0.717, 1.165) is 16.6 Å². The number of pyridine rings is 1. The van der Waals surface area contributed by atoms with Crippen LogP contribution in [0.15, 0.2) is 54.6 Å². The van der Waals surface area contributed by atoms with Gasteiger partial charge in [-0.2, -0.15) is 0 Å². The summed E-state index contributed by atoms with van der Waals surface area (Å²) in [5.41, 5.74) is 1.78. The highest BCUT2D eigenvalue weighted by Crippen LogP contribution is 2.29. The van der Waals surface area contributed by atoms with E-state index in [4.69, 9.17) is 0 Å². The van der Waals surface area contributed by atoms with Crippen LogP contribution in [-0.4, -0.2) is 16.0 Å². The molecule has 0 unspecified atom stereocenters. The number of carbonyl (C=O) groups is 1. The lowest BCUT2D eigenvalue weighted by atomic mass is 10.1. The molecule has 2 aromatic carbocycles. The SMILES string of the molecule is Cc1nc(C(=O)NCc2ccccc2)c(O)c2ccccc12. The van der Waals surface area contributed by atoms with E-state index in [-0.39, 0.29) is 17.4 Å². The van der Waals surface area contributed by atoms with Gasteiger partial charge in [-0.15, -0.1) is 0 Å². The molecule has 1 heterocycles. The number of nitrogens with zero attached hydrogens (tertiary/aromatic N) is 1. The molecule has 0 fully saturated rings. The summed E-state index contributed by atoms with van der Waals surface area (Å²) in [5, 5.41) is 14.6. The molecule has 3 aromatic rings. The van der Waals surface area contributed by atoms with Gasteiger partial charge in [0.1, 0.15) is 0 Å². The van der Waals surface area contributed by atoms with Gasteiger partial charge >= 0.3 is 0 Å². The van der Waals surface area contributed by atoms with E-state index in [9.17, 15) is 9.90 Å². The molecule has 0 bridgehead atoms. The molecule has 22 heavy (non-hydrogen) atoms. The number of aromatic hydroxyl groups is 1. The van der Waals surface area contributed by atoms with Gasteiger partial charge in [0.25, 0.3) is 5.91 Å². The third-order valence-electron chi connectivity index (χ3n) is 3.59. The van der Waals surface area contributed by atoms with Crippen molar-refractivity contribution in [3.05, 3.63) is 71.5 Å². The first-order chi connectivity index (χ1) is 10.7. The summed E-state index contributed by atoms with van der Waals surface area (Å²) >= 11 is 0. The summed E-state index contributed by atoms with van der Waals surface area (Å²) in [6.45, 7) is 2.22. The Morgan fingerprint density at radius 2 is 1.68 bits per heavy atom. The quantitative estimate of drug-likeness (QED) is 0.779. The van der Waals surface area contributed by atoms with Gasteiger partial charge < -0.3 is 10.4 Å². The van der Waals surface area contributed by atoms with Crippen molar-refractivity contribution in [2.24, 2.45) is 0 Å². The highest BCUT2D eigenvalue weighted by molar-refractivity contribution is 6.02. The standard InChI is InChI=1S/C18H16N2O2/c1-12-14-9-5-6-10-15(14)17(21)16(20-12)18(22)19-11-13-7-3-2-4-8-13/h2-10,21H,11H2,1H3,(H,19,22). The molecule has 0 aliphatic carbocycles. The van der Waals surface area contributed by atoms with Gasteiger partial charge in [-0.1, -0.05) is 54.6 Å². The van der Waals surface area contributed by atoms with E-state index in [0.29, 0.717) is 11.9 Å². The molecule has 0 aliphatic heterocycles. The number of fused-ring (bicyclic) bond motifs is 1. The Labute approximate surface area is 128 Å². The summed E-state index contributed by atoms with van der Waals surface area (Å²) in [4.78, 5) is 16.6. The Morgan fingerprint density at radius 3 is 2.41 bits per heavy atom. The van der Waals surface area contributed by atoms with Crippen LogP contribution in [0.25, 0.3) is 10.8 Å². The molecule has 1 aromatic heterocycles. The molecule has 0 saturated carbocycles. The molecule has 1 amide bonds. The van der Waals surface area contributed by atoms with Crippen LogP contribution in [0.4, 0.5) is 0 Å². The Balaban J connectivity index is 1.89. The van der Waals surface area contributed by atoms with E-state index in [1.807, 2.05) is 55.5 Å². The van der Waals surface area contributed by atoms with Crippen molar-refractivity contribution < 1.29 is 9.90 Å². The van der Waals surface area contributed by atoms with Gasteiger partial charge in [0.05, 0.1) is 0 Å². The second-order valence-electron chi connectivity index (χ2n) is 5.11. The molecular weight excluding hydrogens is 276 g/mol. The van der Waals surface area contributed by atoms with E-state index >= 15 is 0 Å². The fourth-order valence-electron chi connectivity index (χ4n) is 2.43. The summed E-state index contributed by atoms with van der Waals surface area (Å²) in [5.74, 6) is -0.457. The molecule has 110 valence electrons. The Kier molecular flexibility index (Phi) is 3.74. The second kappa shape index (κ2) is 5.85. The van der Waals surface area contributed by atoms with Crippen molar-refractivity contribution in [3.8, 4) is 5.75 Å². The molecule has 2 N–H and O–H groups in total. The lowest BCUT2D eigenvalue weighted by molar-refractivity contribution is 0.0943. The Morgan fingerprint density at radius 1 is 1.05 bits per heavy atom. The molecule has 4 heteroatoms. The van der Waals surface area contributed by atoms with Gasteiger partial charge in [-0.3, -0.25) is 4.79 Å². The van der Waals surface area contributed by atoms with E-state index in [2.05, 4.69) is 10.3 Å². The first-order valence-corrected chi connectivity index (χ1v) is 7.07. The Bertz CT molecular complexity index is 829. The monoisotopic (exact) mass is 292 g/mol. The third kappa shape index (κ3) is 2.63. The number of aryl methyl sites for hydroxylation is 1. The van der Waals surface area contributed by atoms with Gasteiger partial charge in [0.15, 0.2) is 11.4 Å². The summed E-state index contributed by atoms with van der Waals surface area (Å²) in [6.07, 6.45) is 0. The normalized spacial score (nSPS) is 10.6. The number of amides is 1. The minimum absolute atomic E-state index is 0.0622. The van der Waals surface area contributed by atoms with E-state index in [1.54, 1.807) is 6.07 Å². The minimum Gasteiger partial charge on any atom is -0.505 e. The molecule has 0 atom stereocenters. The van der Waals surface area contributed by atoms with Crippen molar-refractivity contribution in [2.75, 3.05) is 0 Å². The van der Waals surface area contributed by atoms with Gasteiger partial charge in [-0.05, 0) is 12.5 Å². The summed E-state index contributed by atoms with van der Waals surface area (Å²) < 4.78 is 0. The predicted octanol–water partition coefficient (Wildman–Crippen LogP) is 3.18. The minimum atomic E-state index is -0.379. The van der Waals surface area contributed by atoms with Crippen LogP contribution >= 0.6 is 0 Å². The maximum atomic E-state index is 12.3. The van der Waals surface area contributed by atoms with Gasteiger partial charge in [0.2, 0.25) is 0 Å². The highest BCUT2D eigenvalue weighted by Gasteiger charge is 2.17. The van der Waals surface area contributed by atoms with Crippen LogP contribution in [0.1, 0.15) is 21.7 Å². The first kappa shape index (κ1) is 14.1. The second-order valence-corrected chi connectivity index (χ2v) is 5.11. The van der Waals surface area contributed by atoms with Crippen molar-refractivity contribution in [1.82, 2.24) is 10.3 Å². The largest absolute Gasteiger partial charge is 0.505 e. The van der Waals surface area contributed by atoms with Crippen LogP contribution in [0.5, 0.6) is 5.75 Å². The zero-order valence-electron chi connectivity index (χ0n) is 12.2. The number of rotatable bonds is 3. The summed E-state index contributed by atoms with van der Waals surface area (Å²) in [7, 11) is 0. The Hall–Kier alpha value is -2.88. The van der Waals surface area contributed by atoms with Gasteiger partial charge in [-0.25, -0.2) is 4.98 Å². The zero-order valence-corrected chi connectivity index (χ0v) is 12.2. The van der Waals surface area contributed by atoms with Crippen molar-refractivity contribution in [1.29, 1.82) is 0 Å². The van der Waals surface area contributed by atoms with Crippen molar-refractivity contribution >= 4 is 16.7 Å². The molecule has 4 nitrogen and oxygen atoms in total. The predicted molar refractivity (Wildman–Crippen MR) is 85.8 cm³/mol. The lowest BCUT2D eigenvalue weighted by Gasteiger charge is -2.10. The van der Waals surface area contributed by atoms with Crippen LogP contribution < -0.4 is 5.32 Å². The van der Waals surface area contributed by atoms with Gasteiger partial charge in [0, 0.05) is 23.0 Å². The van der Waals surface area contributed by atoms with E-state index in [1.165, 1.54) is 0 Å². The highest BCUT2D eigenvalue weighted by atomic mass is 16.3. The van der Waals surface area contributed by atoms with Crippen molar-refractivity contribution in [3.63, 3.8) is 0 Å². The number of carbonyl (C=O) groups excluding carboxylic acids is 1. The number of nitrogens with one attached hydrogen (secondary N) is 1. The van der Waals surface area contributed by atoms with Crippen molar-refractivity contribution in [2.45, 2.75) is 13.5 Å². The fraction of sp³-hybridized carbons (Fsp3) is 0.111. The molecule has 0 saturated heterocycles. The maximum Gasteiger partial charge on any atom is 0.274 e. The zero-order chi connectivity index (χ0) is 15.5. The average molecular weight is 292 g/mol. The molecular formula is C18H16N2O2. The van der Waals surface area contributed by atoms with Crippen LogP contribution in [0, 0.1) is 6.92 Å². The molecule has 3 rings (SSSR count). The number of benzene rings is 2. The lowest BCUT2D eigenvalue weighted by Crippen LogP contribution is -2.24. The fourth-order valence-corrected chi connectivity index (χ4v) is 2.43. The van der Waals surface area contributed by atoms with Crippen LogP contribution in [0.2, 0.25) is 0 Å². The number of hydrogen-bond acceptors (Lipinski definition) is 3. The molecule has 0 spiro atoms. The topological polar surface area (TPSA) is 62.2 Å².